The SMILES string of the molecule is O=C1S/C(=C\c2ccc(-c3ccc([N+](=O)[O-])cc3)o2)C(=O)N1c1ccccc1Cl. The number of carbonyl (C=O) groups excluding carboxylic acids is 2. The van der Waals surface area contributed by atoms with Crippen molar-refractivity contribution in [1.82, 2.24) is 0 Å². The van der Waals surface area contributed by atoms with Crippen LogP contribution in [0.15, 0.2) is 70.0 Å². The van der Waals surface area contributed by atoms with Crippen molar-refractivity contribution in [3.63, 3.8) is 0 Å². The minimum atomic E-state index is -0.485. The zero-order chi connectivity index (χ0) is 20.5. The number of halogens is 1. The number of non-ortho nitro benzene ring substituents is 1. The first-order valence-corrected chi connectivity index (χ1v) is 9.50. The van der Waals surface area contributed by atoms with Crippen molar-refractivity contribution in [2.24, 2.45) is 0 Å². The van der Waals surface area contributed by atoms with Gasteiger partial charge in [0.1, 0.15) is 11.5 Å². The van der Waals surface area contributed by atoms with E-state index in [2.05, 4.69) is 0 Å². The second kappa shape index (κ2) is 7.57. The van der Waals surface area contributed by atoms with Gasteiger partial charge in [0.25, 0.3) is 16.8 Å². The summed E-state index contributed by atoms with van der Waals surface area (Å²) in [6.45, 7) is 0. The molecule has 144 valence electrons. The molecule has 4 rings (SSSR count). The van der Waals surface area contributed by atoms with Crippen LogP contribution in [0.4, 0.5) is 16.2 Å². The van der Waals surface area contributed by atoms with Gasteiger partial charge in [-0.05, 0) is 48.2 Å². The van der Waals surface area contributed by atoms with Gasteiger partial charge in [0.05, 0.1) is 20.5 Å². The fourth-order valence-corrected chi connectivity index (χ4v) is 3.81. The summed E-state index contributed by atoms with van der Waals surface area (Å²) in [5.41, 5.74) is 0.958. The molecule has 0 unspecified atom stereocenters. The lowest BCUT2D eigenvalue weighted by molar-refractivity contribution is -0.384. The van der Waals surface area contributed by atoms with E-state index in [0.29, 0.717) is 27.8 Å². The molecule has 9 heteroatoms. The first-order valence-electron chi connectivity index (χ1n) is 8.31. The summed E-state index contributed by atoms with van der Waals surface area (Å²) in [6.07, 6.45) is 1.48. The molecule has 3 aromatic rings. The molecule has 0 atom stereocenters. The van der Waals surface area contributed by atoms with Crippen molar-refractivity contribution in [3.8, 4) is 11.3 Å². The number of furan rings is 1. The molecule has 1 fully saturated rings. The van der Waals surface area contributed by atoms with Gasteiger partial charge in [-0.15, -0.1) is 0 Å². The predicted octanol–water partition coefficient (Wildman–Crippen LogP) is 5.75. The Bertz CT molecular complexity index is 1170. The van der Waals surface area contributed by atoms with Gasteiger partial charge >= 0.3 is 0 Å². The number of nitro benzene ring substituents is 1. The van der Waals surface area contributed by atoms with Crippen LogP contribution in [0.1, 0.15) is 5.76 Å². The minimum Gasteiger partial charge on any atom is -0.457 e. The van der Waals surface area contributed by atoms with E-state index >= 15 is 0 Å². The largest absolute Gasteiger partial charge is 0.457 e. The molecule has 1 saturated heterocycles. The summed E-state index contributed by atoms with van der Waals surface area (Å²) in [6, 6.07) is 15.9. The molecule has 0 saturated carbocycles. The fraction of sp³-hybridized carbons (Fsp3) is 0. The predicted molar refractivity (Wildman–Crippen MR) is 111 cm³/mol. The first-order chi connectivity index (χ1) is 13.9. The molecular weight excluding hydrogens is 416 g/mol. The first kappa shape index (κ1) is 19.0. The van der Waals surface area contributed by atoms with E-state index in [0.717, 1.165) is 16.7 Å². The van der Waals surface area contributed by atoms with E-state index in [1.807, 2.05) is 0 Å². The average molecular weight is 427 g/mol. The summed E-state index contributed by atoms with van der Waals surface area (Å²) in [5, 5.41) is 10.6. The Morgan fingerprint density at radius 3 is 2.45 bits per heavy atom. The van der Waals surface area contributed by atoms with E-state index < -0.39 is 16.1 Å². The van der Waals surface area contributed by atoms with Crippen molar-refractivity contribution in [1.29, 1.82) is 0 Å². The van der Waals surface area contributed by atoms with E-state index in [9.17, 15) is 19.7 Å². The number of para-hydroxylation sites is 1. The Morgan fingerprint density at radius 1 is 1.03 bits per heavy atom. The zero-order valence-electron chi connectivity index (χ0n) is 14.6. The molecule has 0 radical (unpaired) electrons. The Labute approximate surface area is 173 Å². The van der Waals surface area contributed by atoms with Crippen LogP contribution >= 0.6 is 23.4 Å². The van der Waals surface area contributed by atoms with Crippen LogP contribution in [0.3, 0.4) is 0 Å². The van der Waals surface area contributed by atoms with Crippen LogP contribution in [-0.4, -0.2) is 16.1 Å². The number of hydrogen-bond acceptors (Lipinski definition) is 6. The molecule has 2 amide bonds. The van der Waals surface area contributed by atoms with E-state index in [1.54, 1.807) is 48.5 Å². The van der Waals surface area contributed by atoms with E-state index in [1.165, 1.54) is 18.2 Å². The highest BCUT2D eigenvalue weighted by atomic mass is 35.5. The van der Waals surface area contributed by atoms with Crippen molar-refractivity contribution >= 4 is 52.0 Å². The number of benzene rings is 2. The number of rotatable bonds is 4. The number of thioether (sulfide) groups is 1. The van der Waals surface area contributed by atoms with Gasteiger partial charge in [0, 0.05) is 23.8 Å². The van der Waals surface area contributed by atoms with Crippen LogP contribution in [0.5, 0.6) is 0 Å². The number of nitro groups is 1. The van der Waals surface area contributed by atoms with Crippen molar-refractivity contribution in [3.05, 3.63) is 86.5 Å². The van der Waals surface area contributed by atoms with Gasteiger partial charge in [-0.25, -0.2) is 4.90 Å². The lowest BCUT2D eigenvalue weighted by Gasteiger charge is -2.13. The third-order valence-corrected chi connectivity index (χ3v) is 5.34. The summed E-state index contributed by atoms with van der Waals surface area (Å²) in [4.78, 5) is 36.5. The maximum atomic E-state index is 12.7. The molecular formula is C20H11ClN2O5S. The Kier molecular flexibility index (Phi) is 4.96. The number of anilines is 1. The van der Waals surface area contributed by atoms with Crippen LogP contribution < -0.4 is 4.90 Å². The summed E-state index contributed by atoms with van der Waals surface area (Å²) < 4.78 is 5.71. The highest BCUT2D eigenvalue weighted by Crippen LogP contribution is 2.38. The van der Waals surface area contributed by atoms with Crippen LogP contribution in [0.25, 0.3) is 17.4 Å². The molecule has 0 aliphatic carbocycles. The number of imide groups is 1. The van der Waals surface area contributed by atoms with Crippen molar-refractivity contribution in [2.45, 2.75) is 0 Å². The normalized spacial score (nSPS) is 15.3. The Morgan fingerprint density at radius 2 is 1.76 bits per heavy atom. The fourth-order valence-electron chi connectivity index (χ4n) is 2.77. The minimum absolute atomic E-state index is 0.0197. The van der Waals surface area contributed by atoms with Gasteiger partial charge < -0.3 is 4.42 Å². The van der Waals surface area contributed by atoms with Gasteiger partial charge in [-0.2, -0.15) is 0 Å². The standard InChI is InChI=1S/C20H11ClN2O5S/c21-15-3-1-2-4-16(15)22-19(24)18(29-20(22)25)11-14-9-10-17(28-14)12-5-7-13(8-6-12)23(26)27/h1-11H/b18-11-. The second-order valence-electron chi connectivity index (χ2n) is 5.97. The van der Waals surface area contributed by atoms with E-state index in [4.69, 9.17) is 16.0 Å². The monoisotopic (exact) mass is 426 g/mol. The highest BCUT2D eigenvalue weighted by molar-refractivity contribution is 8.19. The topological polar surface area (TPSA) is 93.7 Å². The molecule has 2 heterocycles. The second-order valence-corrected chi connectivity index (χ2v) is 7.37. The molecule has 1 aromatic heterocycles. The van der Waals surface area contributed by atoms with Gasteiger partial charge in [0.2, 0.25) is 0 Å². The molecule has 29 heavy (non-hydrogen) atoms. The van der Waals surface area contributed by atoms with Gasteiger partial charge in [0.15, 0.2) is 0 Å². The zero-order valence-corrected chi connectivity index (χ0v) is 16.1. The maximum Gasteiger partial charge on any atom is 0.298 e. The molecule has 7 nitrogen and oxygen atoms in total. The number of nitrogens with zero attached hydrogens (tertiary/aromatic N) is 2. The van der Waals surface area contributed by atoms with Crippen molar-refractivity contribution in [2.75, 3.05) is 4.90 Å². The lowest BCUT2D eigenvalue weighted by Crippen LogP contribution is -2.27. The van der Waals surface area contributed by atoms with Crippen LogP contribution in [0, 0.1) is 10.1 Å². The maximum absolute atomic E-state index is 12.7. The summed E-state index contributed by atoms with van der Waals surface area (Å²) in [7, 11) is 0. The molecule has 0 bridgehead atoms. The number of hydrogen-bond donors (Lipinski definition) is 0. The molecule has 0 N–H and O–H groups in total. The lowest BCUT2D eigenvalue weighted by atomic mass is 10.1. The van der Waals surface area contributed by atoms with Gasteiger partial charge in [-0.1, -0.05) is 23.7 Å². The molecule has 1 aliphatic heterocycles. The third-order valence-electron chi connectivity index (χ3n) is 4.15. The van der Waals surface area contributed by atoms with Gasteiger partial charge in [-0.3, -0.25) is 19.7 Å². The smallest absolute Gasteiger partial charge is 0.298 e. The number of amides is 2. The van der Waals surface area contributed by atoms with E-state index in [-0.39, 0.29) is 10.6 Å². The van der Waals surface area contributed by atoms with Crippen molar-refractivity contribution < 1.29 is 18.9 Å². The molecule has 1 aliphatic rings. The van der Waals surface area contributed by atoms with Crippen LogP contribution in [0.2, 0.25) is 5.02 Å². The Hall–Kier alpha value is -3.36. The summed E-state index contributed by atoms with van der Waals surface area (Å²) >= 11 is 6.90. The highest BCUT2D eigenvalue weighted by Gasteiger charge is 2.37. The molecule has 0 spiro atoms. The quantitative estimate of drug-likeness (QED) is 0.299. The average Bonchev–Trinajstić information content (AvgIpc) is 3.27. The summed E-state index contributed by atoms with van der Waals surface area (Å²) in [5.74, 6) is 0.376. The van der Waals surface area contributed by atoms with Crippen LogP contribution in [-0.2, 0) is 4.79 Å². The molecule has 2 aromatic carbocycles. The Balaban J connectivity index is 1.59. The number of carbonyl (C=O) groups is 2. The third kappa shape index (κ3) is 3.67.